The van der Waals surface area contributed by atoms with Gasteiger partial charge in [0.05, 0.1) is 11.1 Å². The summed E-state index contributed by atoms with van der Waals surface area (Å²) in [5.41, 5.74) is 0.941. The minimum absolute atomic E-state index is 0.173. The van der Waals surface area contributed by atoms with Crippen LogP contribution in [0.1, 0.15) is 10.4 Å². The molecule has 3 rings (SSSR count). The molecule has 0 fully saturated rings. The Labute approximate surface area is 106 Å². The minimum atomic E-state index is -1.22. The van der Waals surface area contributed by atoms with Crippen molar-refractivity contribution >= 4 is 17.0 Å². The molecule has 0 aliphatic carbocycles. The molecular weight excluding hydrogens is 251 g/mol. The number of hydrogen-bond acceptors (Lipinski definition) is 3. The average Bonchev–Trinajstić information content (AvgIpc) is 2.93. The normalized spacial score (nSPS) is 11.1. The van der Waals surface area contributed by atoms with Crippen molar-refractivity contribution in [2.24, 2.45) is 7.05 Å². The number of benzene rings is 1. The topological polar surface area (TPSA) is 83.8 Å². The Morgan fingerprint density at radius 2 is 2.26 bits per heavy atom. The summed E-state index contributed by atoms with van der Waals surface area (Å²) < 4.78 is 14.9. The fourth-order valence-corrected chi connectivity index (χ4v) is 1.91. The molecule has 0 radical (unpaired) electrons. The number of rotatable bonds is 2. The lowest BCUT2D eigenvalue weighted by Gasteiger charge is -1.95. The first-order valence-electron chi connectivity index (χ1n) is 5.47. The number of nitrogens with zero attached hydrogens (tertiary/aromatic N) is 3. The number of aromatic nitrogens is 4. The second-order valence-corrected chi connectivity index (χ2v) is 4.11. The molecule has 7 heteroatoms. The zero-order valence-electron chi connectivity index (χ0n) is 9.88. The van der Waals surface area contributed by atoms with E-state index >= 15 is 0 Å². The maximum atomic E-state index is 13.3. The molecule has 0 spiro atoms. The molecule has 0 atom stereocenters. The van der Waals surface area contributed by atoms with Crippen molar-refractivity contribution in [1.29, 1.82) is 0 Å². The van der Waals surface area contributed by atoms with Gasteiger partial charge in [0.1, 0.15) is 17.0 Å². The maximum absolute atomic E-state index is 13.3. The first-order chi connectivity index (χ1) is 9.04. The number of imidazole rings is 1. The van der Waals surface area contributed by atoms with E-state index in [0.717, 1.165) is 6.07 Å². The largest absolute Gasteiger partial charge is 0.478 e. The smallest absolute Gasteiger partial charge is 0.338 e. The van der Waals surface area contributed by atoms with E-state index in [1.54, 1.807) is 24.0 Å². The standard InChI is InChI=1S/C12H9FN4O2/c1-17-3-2-8(16-17)11-14-9-5-6(13)4-7(12(18)19)10(9)15-11/h2-5H,1H3,(H,14,15)(H,18,19). The fourth-order valence-electron chi connectivity index (χ4n) is 1.91. The van der Waals surface area contributed by atoms with Gasteiger partial charge in [-0.1, -0.05) is 0 Å². The number of fused-ring (bicyclic) bond motifs is 1. The van der Waals surface area contributed by atoms with Crippen LogP contribution >= 0.6 is 0 Å². The lowest BCUT2D eigenvalue weighted by molar-refractivity contribution is 0.0698. The van der Waals surface area contributed by atoms with Crippen LogP contribution in [0.25, 0.3) is 22.6 Å². The number of H-pyrrole nitrogens is 1. The number of halogens is 1. The van der Waals surface area contributed by atoms with E-state index in [-0.39, 0.29) is 11.1 Å². The zero-order valence-corrected chi connectivity index (χ0v) is 9.88. The van der Waals surface area contributed by atoms with E-state index in [9.17, 15) is 9.18 Å². The summed E-state index contributed by atoms with van der Waals surface area (Å²) in [5, 5.41) is 13.2. The van der Waals surface area contributed by atoms with E-state index in [0.29, 0.717) is 17.0 Å². The quantitative estimate of drug-likeness (QED) is 0.735. The lowest BCUT2D eigenvalue weighted by Crippen LogP contribution is -1.98. The summed E-state index contributed by atoms with van der Waals surface area (Å²) in [6, 6.07) is 3.89. The van der Waals surface area contributed by atoms with Gasteiger partial charge in [-0.2, -0.15) is 5.10 Å². The van der Waals surface area contributed by atoms with Crippen molar-refractivity contribution in [1.82, 2.24) is 19.7 Å². The van der Waals surface area contributed by atoms with Crippen LogP contribution in [-0.4, -0.2) is 30.8 Å². The highest BCUT2D eigenvalue weighted by atomic mass is 19.1. The van der Waals surface area contributed by atoms with Crippen molar-refractivity contribution in [3.05, 3.63) is 35.8 Å². The number of hydrogen-bond donors (Lipinski definition) is 2. The molecule has 19 heavy (non-hydrogen) atoms. The SMILES string of the molecule is Cn1ccc(-c2nc3c(C(=O)O)cc(F)cc3[nH]2)n1. The number of aromatic carboxylic acids is 1. The van der Waals surface area contributed by atoms with Gasteiger partial charge in [-0.05, 0) is 18.2 Å². The molecule has 1 aromatic carbocycles. The first kappa shape index (κ1) is 11.4. The predicted molar refractivity (Wildman–Crippen MR) is 65.2 cm³/mol. The summed E-state index contributed by atoms with van der Waals surface area (Å²) >= 11 is 0. The molecule has 2 aromatic heterocycles. The molecule has 2 heterocycles. The third-order valence-corrected chi connectivity index (χ3v) is 2.74. The number of carbonyl (C=O) groups is 1. The highest BCUT2D eigenvalue weighted by Crippen LogP contribution is 2.23. The molecule has 0 amide bonds. The third kappa shape index (κ3) is 1.85. The molecule has 6 nitrogen and oxygen atoms in total. The van der Waals surface area contributed by atoms with Gasteiger partial charge in [-0.15, -0.1) is 0 Å². The molecule has 2 N–H and O–H groups in total. The van der Waals surface area contributed by atoms with Gasteiger partial charge >= 0.3 is 5.97 Å². The van der Waals surface area contributed by atoms with Crippen molar-refractivity contribution in [2.75, 3.05) is 0 Å². The Morgan fingerprint density at radius 3 is 2.89 bits per heavy atom. The van der Waals surface area contributed by atoms with Gasteiger partial charge in [0.15, 0.2) is 5.82 Å². The van der Waals surface area contributed by atoms with Gasteiger partial charge in [-0.3, -0.25) is 4.68 Å². The highest BCUT2D eigenvalue weighted by Gasteiger charge is 2.16. The van der Waals surface area contributed by atoms with E-state index < -0.39 is 11.8 Å². The van der Waals surface area contributed by atoms with Crippen molar-refractivity contribution in [3.63, 3.8) is 0 Å². The van der Waals surface area contributed by atoms with Gasteiger partial charge in [0.2, 0.25) is 0 Å². The van der Waals surface area contributed by atoms with Crippen LogP contribution in [0.15, 0.2) is 24.4 Å². The average molecular weight is 260 g/mol. The number of aromatic amines is 1. The minimum Gasteiger partial charge on any atom is -0.478 e. The van der Waals surface area contributed by atoms with Crippen LogP contribution in [0, 0.1) is 5.82 Å². The Bertz CT molecular complexity index is 790. The van der Waals surface area contributed by atoms with Gasteiger partial charge < -0.3 is 10.1 Å². The lowest BCUT2D eigenvalue weighted by atomic mass is 10.2. The summed E-state index contributed by atoms with van der Waals surface area (Å²) in [4.78, 5) is 18.1. The van der Waals surface area contributed by atoms with Crippen molar-refractivity contribution < 1.29 is 14.3 Å². The zero-order chi connectivity index (χ0) is 13.6. The molecule has 3 aromatic rings. The molecule has 0 bridgehead atoms. The van der Waals surface area contributed by atoms with Crippen LogP contribution in [0.3, 0.4) is 0 Å². The van der Waals surface area contributed by atoms with E-state index in [1.807, 2.05) is 0 Å². The van der Waals surface area contributed by atoms with Gasteiger partial charge in [0, 0.05) is 13.2 Å². The molecule has 0 saturated heterocycles. The Balaban J connectivity index is 2.25. The molecular formula is C12H9FN4O2. The van der Waals surface area contributed by atoms with Crippen molar-refractivity contribution in [2.45, 2.75) is 0 Å². The summed E-state index contributed by atoms with van der Waals surface area (Å²) in [7, 11) is 1.76. The van der Waals surface area contributed by atoms with Crippen LogP contribution in [0.5, 0.6) is 0 Å². The van der Waals surface area contributed by atoms with Gasteiger partial charge in [-0.25, -0.2) is 14.2 Å². The van der Waals surface area contributed by atoms with Crippen molar-refractivity contribution in [3.8, 4) is 11.5 Å². The highest BCUT2D eigenvalue weighted by molar-refractivity contribution is 6.01. The monoisotopic (exact) mass is 260 g/mol. The van der Waals surface area contributed by atoms with Crippen LogP contribution in [0.4, 0.5) is 4.39 Å². The van der Waals surface area contributed by atoms with Gasteiger partial charge in [0.25, 0.3) is 0 Å². The van der Waals surface area contributed by atoms with Crippen LogP contribution in [0.2, 0.25) is 0 Å². The Hall–Kier alpha value is -2.70. The predicted octanol–water partition coefficient (Wildman–Crippen LogP) is 1.80. The Morgan fingerprint density at radius 1 is 1.47 bits per heavy atom. The molecule has 0 aliphatic rings. The fraction of sp³-hybridized carbons (Fsp3) is 0.0833. The van der Waals surface area contributed by atoms with E-state index in [2.05, 4.69) is 15.1 Å². The molecule has 0 saturated carbocycles. The molecule has 96 valence electrons. The second kappa shape index (κ2) is 3.91. The van der Waals surface area contributed by atoms with Crippen LogP contribution in [-0.2, 0) is 7.05 Å². The number of carboxylic acid groups (broad SMARTS) is 1. The summed E-state index contributed by atoms with van der Waals surface area (Å²) in [6.07, 6.45) is 1.74. The second-order valence-electron chi connectivity index (χ2n) is 4.11. The van der Waals surface area contributed by atoms with E-state index in [4.69, 9.17) is 5.11 Å². The molecule has 0 aliphatic heterocycles. The number of carboxylic acids is 1. The molecule has 0 unspecified atom stereocenters. The summed E-state index contributed by atoms with van der Waals surface area (Å²) in [6.45, 7) is 0. The summed E-state index contributed by atoms with van der Waals surface area (Å²) in [5.74, 6) is -1.44. The Kier molecular flexibility index (Phi) is 2.34. The first-order valence-corrected chi connectivity index (χ1v) is 5.47. The van der Waals surface area contributed by atoms with Crippen LogP contribution < -0.4 is 0 Å². The number of aryl methyl sites for hydroxylation is 1. The third-order valence-electron chi connectivity index (χ3n) is 2.74. The van der Waals surface area contributed by atoms with E-state index in [1.165, 1.54) is 6.07 Å². The maximum Gasteiger partial charge on any atom is 0.338 e. The number of nitrogens with one attached hydrogen (secondary N) is 1.